The number of hydrogen-bond acceptors (Lipinski definition) is 2. The molecule has 0 heterocycles. The fourth-order valence-corrected chi connectivity index (χ4v) is 2.72. The SMILES string of the molecule is CN(C)CC1CC(C)(C)CCC1C(=O)O. The molecule has 1 aliphatic carbocycles. The fraction of sp³-hybridized carbons (Fsp3) is 0.917. The topological polar surface area (TPSA) is 40.5 Å². The first-order chi connectivity index (χ1) is 6.82. The summed E-state index contributed by atoms with van der Waals surface area (Å²) in [5.41, 5.74) is 0.312. The Kier molecular flexibility index (Phi) is 3.77. The van der Waals surface area contributed by atoms with Crippen molar-refractivity contribution in [3.63, 3.8) is 0 Å². The molecular formula is C12H23NO2. The Bertz CT molecular complexity index is 236. The second kappa shape index (κ2) is 4.52. The van der Waals surface area contributed by atoms with Gasteiger partial charge in [0, 0.05) is 6.54 Å². The number of carboxylic acids is 1. The summed E-state index contributed by atoms with van der Waals surface area (Å²) in [6, 6.07) is 0. The van der Waals surface area contributed by atoms with Gasteiger partial charge in [-0.2, -0.15) is 0 Å². The lowest BCUT2D eigenvalue weighted by Gasteiger charge is -2.40. The molecule has 0 aliphatic heterocycles. The van der Waals surface area contributed by atoms with Crippen LogP contribution in [0.5, 0.6) is 0 Å². The summed E-state index contributed by atoms with van der Waals surface area (Å²) in [6.45, 7) is 5.38. The van der Waals surface area contributed by atoms with E-state index in [1.54, 1.807) is 0 Å². The zero-order valence-electron chi connectivity index (χ0n) is 10.3. The monoisotopic (exact) mass is 213 g/mol. The summed E-state index contributed by atoms with van der Waals surface area (Å²) in [5, 5.41) is 9.17. The standard InChI is InChI=1S/C12H23NO2/c1-12(2)6-5-10(11(14)15)9(7-12)8-13(3)4/h9-10H,5-8H2,1-4H3,(H,14,15). The molecule has 1 aliphatic rings. The average Bonchev–Trinajstić information content (AvgIpc) is 1.99. The summed E-state index contributed by atoms with van der Waals surface area (Å²) in [5.74, 6) is -0.445. The highest BCUT2D eigenvalue weighted by molar-refractivity contribution is 5.70. The van der Waals surface area contributed by atoms with Crippen LogP contribution in [0, 0.1) is 17.3 Å². The first-order valence-electron chi connectivity index (χ1n) is 5.69. The van der Waals surface area contributed by atoms with Gasteiger partial charge < -0.3 is 10.0 Å². The summed E-state index contributed by atoms with van der Waals surface area (Å²) in [7, 11) is 4.03. The van der Waals surface area contributed by atoms with Gasteiger partial charge in [0.1, 0.15) is 0 Å². The van der Waals surface area contributed by atoms with E-state index in [0.717, 1.165) is 25.8 Å². The summed E-state index contributed by atoms with van der Waals surface area (Å²) in [4.78, 5) is 13.2. The number of hydrogen-bond donors (Lipinski definition) is 1. The van der Waals surface area contributed by atoms with Crippen molar-refractivity contribution in [3.8, 4) is 0 Å². The van der Waals surface area contributed by atoms with Crippen LogP contribution in [0.4, 0.5) is 0 Å². The number of carboxylic acid groups (broad SMARTS) is 1. The molecule has 1 fully saturated rings. The van der Waals surface area contributed by atoms with Crippen molar-refractivity contribution in [3.05, 3.63) is 0 Å². The molecular weight excluding hydrogens is 190 g/mol. The van der Waals surface area contributed by atoms with Crippen LogP contribution in [0.1, 0.15) is 33.1 Å². The number of aliphatic carboxylic acids is 1. The molecule has 1 rings (SSSR count). The van der Waals surface area contributed by atoms with Crippen molar-refractivity contribution in [2.45, 2.75) is 33.1 Å². The summed E-state index contributed by atoms with van der Waals surface area (Å²) in [6.07, 6.45) is 2.90. The lowest BCUT2D eigenvalue weighted by molar-refractivity contribution is -0.146. The largest absolute Gasteiger partial charge is 0.481 e. The molecule has 0 aromatic heterocycles. The Hall–Kier alpha value is -0.570. The Morgan fingerprint density at radius 3 is 2.53 bits per heavy atom. The normalized spacial score (nSPS) is 30.5. The molecule has 1 saturated carbocycles. The zero-order chi connectivity index (χ0) is 11.6. The molecule has 0 radical (unpaired) electrons. The summed E-state index contributed by atoms with van der Waals surface area (Å²) < 4.78 is 0. The Balaban J connectivity index is 2.69. The second-order valence-corrected chi connectivity index (χ2v) is 5.87. The van der Waals surface area contributed by atoms with E-state index in [0.29, 0.717) is 11.3 Å². The maximum absolute atomic E-state index is 11.1. The highest BCUT2D eigenvalue weighted by atomic mass is 16.4. The first kappa shape index (κ1) is 12.5. The highest BCUT2D eigenvalue weighted by Crippen LogP contribution is 2.42. The minimum atomic E-state index is -0.614. The molecule has 3 heteroatoms. The van der Waals surface area contributed by atoms with Crippen LogP contribution in [0.25, 0.3) is 0 Å². The van der Waals surface area contributed by atoms with Gasteiger partial charge in [-0.15, -0.1) is 0 Å². The van der Waals surface area contributed by atoms with Crippen LogP contribution in [0.3, 0.4) is 0 Å². The minimum absolute atomic E-state index is 0.138. The van der Waals surface area contributed by atoms with Crippen molar-refractivity contribution in [1.82, 2.24) is 4.90 Å². The lowest BCUT2D eigenvalue weighted by Crippen LogP contribution is -2.39. The molecule has 0 saturated heterocycles. The van der Waals surface area contributed by atoms with Crippen molar-refractivity contribution in [2.24, 2.45) is 17.3 Å². The predicted molar refractivity (Wildman–Crippen MR) is 60.8 cm³/mol. The van der Waals surface area contributed by atoms with Gasteiger partial charge in [-0.25, -0.2) is 0 Å². The number of nitrogens with zero attached hydrogens (tertiary/aromatic N) is 1. The van der Waals surface area contributed by atoms with Gasteiger partial charge >= 0.3 is 5.97 Å². The van der Waals surface area contributed by atoms with E-state index in [-0.39, 0.29) is 5.92 Å². The van der Waals surface area contributed by atoms with Gasteiger partial charge in [0.15, 0.2) is 0 Å². The lowest BCUT2D eigenvalue weighted by atomic mass is 9.67. The van der Waals surface area contributed by atoms with E-state index in [2.05, 4.69) is 18.7 Å². The highest BCUT2D eigenvalue weighted by Gasteiger charge is 2.38. The Morgan fingerprint density at radius 2 is 2.07 bits per heavy atom. The molecule has 2 atom stereocenters. The summed E-state index contributed by atoms with van der Waals surface area (Å²) >= 11 is 0. The number of carbonyl (C=O) groups is 1. The van der Waals surface area contributed by atoms with Crippen molar-refractivity contribution >= 4 is 5.97 Å². The maximum atomic E-state index is 11.1. The van der Waals surface area contributed by atoms with Crippen LogP contribution < -0.4 is 0 Å². The molecule has 0 aromatic carbocycles. The third-order valence-corrected chi connectivity index (χ3v) is 3.43. The molecule has 0 aromatic rings. The van der Waals surface area contributed by atoms with Gasteiger partial charge in [-0.05, 0) is 44.7 Å². The van der Waals surface area contributed by atoms with Crippen LogP contribution in [-0.4, -0.2) is 36.6 Å². The maximum Gasteiger partial charge on any atom is 0.306 e. The Morgan fingerprint density at radius 1 is 1.47 bits per heavy atom. The zero-order valence-corrected chi connectivity index (χ0v) is 10.3. The van der Waals surface area contributed by atoms with Crippen LogP contribution in [0.2, 0.25) is 0 Å². The molecule has 3 nitrogen and oxygen atoms in total. The average molecular weight is 213 g/mol. The van der Waals surface area contributed by atoms with E-state index >= 15 is 0 Å². The van der Waals surface area contributed by atoms with Crippen molar-refractivity contribution in [1.29, 1.82) is 0 Å². The Labute approximate surface area is 92.5 Å². The molecule has 0 amide bonds. The van der Waals surface area contributed by atoms with Crippen molar-refractivity contribution in [2.75, 3.05) is 20.6 Å². The van der Waals surface area contributed by atoms with E-state index in [1.807, 2.05) is 14.1 Å². The molecule has 0 bridgehead atoms. The first-order valence-corrected chi connectivity index (χ1v) is 5.69. The van der Waals surface area contributed by atoms with Gasteiger partial charge in [-0.1, -0.05) is 13.8 Å². The van der Waals surface area contributed by atoms with Crippen molar-refractivity contribution < 1.29 is 9.90 Å². The molecule has 0 spiro atoms. The van der Waals surface area contributed by atoms with Gasteiger partial charge in [0.2, 0.25) is 0 Å². The van der Waals surface area contributed by atoms with E-state index in [9.17, 15) is 9.90 Å². The van der Waals surface area contributed by atoms with Gasteiger partial charge in [0.05, 0.1) is 5.92 Å². The third kappa shape index (κ3) is 3.49. The van der Waals surface area contributed by atoms with Crippen LogP contribution in [-0.2, 0) is 4.79 Å². The molecule has 1 N–H and O–H groups in total. The number of rotatable bonds is 3. The quantitative estimate of drug-likeness (QED) is 0.780. The fourth-order valence-electron chi connectivity index (χ4n) is 2.72. The molecule has 15 heavy (non-hydrogen) atoms. The third-order valence-electron chi connectivity index (χ3n) is 3.43. The molecule has 2 unspecified atom stereocenters. The van der Waals surface area contributed by atoms with E-state index in [1.165, 1.54) is 0 Å². The smallest absolute Gasteiger partial charge is 0.306 e. The predicted octanol–water partition coefficient (Wildman–Crippen LogP) is 2.08. The van der Waals surface area contributed by atoms with Crippen LogP contribution in [0.15, 0.2) is 0 Å². The van der Waals surface area contributed by atoms with Gasteiger partial charge in [0.25, 0.3) is 0 Å². The minimum Gasteiger partial charge on any atom is -0.481 e. The van der Waals surface area contributed by atoms with Crippen LogP contribution >= 0.6 is 0 Å². The van der Waals surface area contributed by atoms with E-state index in [4.69, 9.17) is 0 Å². The van der Waals surface area contributed by atoms with Gasteiger partial charge in [-0.3, -0.25) is 4.79 Å². The second-order valence-electron chi connectivity index (χ2n) is 5.87. The molecule has 88 valence electrons. The van der Waals surface area contributed by atoms with E-state index < -0.39 is 5.97 Å².